The summed E-state index contributed by atoms with van der Waals surface area (Å²) in [6.07, 6.45) is 6.81. The lowest BCUT2D eigenvalue weighted by Gasteiger charge is -2.12. The number of hydrogen-bond acceptors (Lipinski definition) is 3. The molecule has 0 saturated heterocycles. The molecule has 0 aliphatic heterocycles. The molecule has 17 heavy (non-hydrogen) atoms. The summed E-state index contributed by atoms with van der Waals surface area (Å²) in [5.41, 5.74) is 0. The first kappa shape index (κ1) is 19.1. The summed E-state index contributed by atoms with van der Waals surface area (Å²) < 4.78 is 5.16. The molecule has 1 N–H and O–H groups in total. The first-order chi connectivity index (χ1) is 7.72. The van der Waals surface area contributed by atoms with Gasteiger partial charge in [-0.1, -0.05) is 39.5 Å². The molecule has 0 aliphatic carbocycles. The maximum atomic E-state index is 11.5. The average Bonchev–Trinajstić information content (AvgIpc) is 2.29. The highest BCUT2D eigenvalue weighted by atomic mass is 35.5. The van der Waals surface area contributed by atoms with Crippen molar-refractivity contribution in [3.63, 3.8) is 0 Å². The number of unbranched alkanes of at least 4 members (excludes halogenated alkanes) is 4. The Labute approximate surface area is 112 Å². The topological polar surface area (TPSA) is 38.3 Å². The number of carbonyl (C=O) groups is 1. The van der Waals surface area contributed by atoms with Gasteiger partial charge in [0.15, 0.2) is 0 Å². The quantitative estimate of drug-likeness (QED) is 0.487. The fourth-order valence-electron chi connectivity index (χ4n) is 1.43. The van der Waals surface area contributed by atoms with Crippen molar-refractivity contribution >= 4 is 18.4 Å². The van der Waals surface area contributed by atoms with Crippen molar-refractivity contribution in [3.8, 4) is 0 Å². The van der Waals surface area contributed by atoms with E-state index >= 15 is 0 Å². The molecule has 0 fully saturated rings. The van der Waals surface area contributed by atoms with E-state index in [0.29, 0.717) is 6.61 Å². The van der Waals surface area contributed by atoms with Crippen LogP contribution in [0.3, 0.4) is 0 Å². The van der Waals surface area contributed by atoms with Crippen molar-refractivity contribution in [2.75, 3.05) is 13.2 Å². The molecule has 1 atom stereocenters. The first-order valence-corrected chi connectivity index (χ1v) is 6.62. The van der Waals surface area contributed by atoms with Gasteiger partial charge in [-0.2, -0.15) is 0 Å². The van der Waals surface area contributed by atoms with Gasteiger partial charge < -0.3 is 10.1 Å². The van der Waals surface area contributed by atoms with E-state index in [-0.39, 0.29) is 24.4 Å². The van der Waals surface area contributed by atoms with E-state index in [0.717, 1.165) is 32.2 Å². The van der Waals surface area contributed by atoms with Crippen molar-refractivity contribution in [3.05, 3.63) is 0 Å². The number of carbonyl (C=O) groups excluding carboxylic acids is 1. The normalized spacial score (nSPS) is 11.7. The summed E-state index contributed by atoms with van der Waals surface area (Å²) in [6.45, 7) is 7.64. The molecular weight excluding hydrogens is 238 g/mol. The van der Waals surface area contributed by atoms with E-state index in [1.54, 1.807) is 0 Å². The number of ether oxygens (including phenoxy) is 1. The van der Waals surface area contributed by atoms with Gasteiger partial charge in [0.1, 0.15) is 6.04 Å². The monoisotopic (exact) mass is 265 g/mol. The lowest BCUT2D eigenvalue weighted by Crippen LogP contribution is -2.36. The van der Waals surface area contributed by atoms with E-state index in [2.05, 4.69) is 19.2 Å². The Balaban J connectivity index is 0. The molecule has 0 rings (SSSR count). The highest BCUT2D eigenvalue weighted by molar-refractivity contribution is 5.85. The summed E-state index contributed by atoms with van der Waals surface area (Å²) in [7, 11) is 0. The molecule has 0 aromatic heterocycles. The summed E-state index contributed by atoms with van der Waals surface area (Å²) in [4.78, 5) is 11.5. The van der Waals surface area contributed by atoms with E-state index < -0.39 is 0 Å². The largest absolute Gasteiger partial charge is 0.465 e. The second-order valence-corrected chi connectivity index (χ2v) is 4.26. The molecule has 4 heteroatoms. The molecule has 3 nitrogen and oxygen atoms in total. The van der Waals surface area contributed by atoms with Crippen LogP contribution in [0.1, 0.15) is 59.3 Å². The fourth-order valence-corrected chi connectivity index (χ4v) is 1.43. The number of hydrogen-bond donors (Lipinski definition) is 1. The lowest BCUT2D eigenvalue weighted by molar-refractivity contribution is -0.145. The Morgan fingerprint density at radius 1 is 1.12 bits per heavy atom. The molecule has 0 amide bonds. The highest BCUT2D eigenvalue weighted by Gasteiger charge is 2.12. The van der Waals surface area contributed by atoms with Crippen molar-refractivity contribution in [2.24, 2.45) is 0 Å². The molecule has 0 aromatic rings. The molecule has 104 valence electrons. The number of esters is 1. The van der Waals surface area contributed by atoms with Crippen LogP contribution in [0.2, 0.25) is 0 Å². The van der Waals surface area contributed by atoms with Gasteiger partial charge >= 0.3 is 5.97 Å². The van der Waals surface area contributed by atoms with Crippen LogP contribution in [0, 0.1) is 0 Å². The number of nitrogens with one attached hydrogen (secondary N) is 1. The van der Waals surface area contributed by atoms with Crippen LogP contribution in [0.4, 0.5) is 0 Å². The number of rotatable bonds is 10. The average molecular weight is 266 g/mol. The van der Waals surface area contributed by atoms with Gasteiger partial charge in [0, 0.05) is 0 Å². The van der Waals surface area contributed by atoms with Crippen LogP contribution in [0.25, 0.3) is 0 Å². The van der Waals surface area contributed by atoms with E-state index in [1.165, 1.54) is 12.8 Å². The van der Waals surface area contributed by atoms with Crippen molar-refractivity contribution < 1.29 is 9.53 Å². The van der Waals surface area contributed by atoms with E-state index in [1.807, 2.05) is 6.92 Å². The van der Waals surface area contributed by atoms with E-state index in [9.17, 15) is 4.79 Å². The zero-order valence-corrected chi connectivity index (χ0v) is 12.3. The van der Waals surface area contributed by atoms with Gasteiger partial charge in [0.2, 0.25) is 0 Å². The lowest BCUT2D eigenvalue weighted by atomic mass is 10.2. The third kappa shape index (κ3) is 12.0. The Morgan fingerprint density at radius 2 is 1.71 bits per heavy atom. The van der Waals surface area contributed by atoms with Gasteiger partial charge in [-0.25, -0.2) is 0 Å². The predicted molar refractivity (Wildman–Crippen MR) is 74.7 cm³/mol. The molecule has 0 bridgehead atoms. The molecule has 0 aromatic carbocycles. The van der Waals surface area contributed by atoms with Crippen LogP contribution in [0.5, 0.6) is 0 Å². The minimum absolute atomic E-state index is 0. The van der Waals surface area contributed by atoms with Gasteiger partial charge in [-0.05, 0) is 26.3 Å². The van der Waals surface area contributed by atoms with E-state index in [4.69, 9.17) is 4.74 Å². The Kier molecular flexibility index (Phi) is 15.5. The maximum absolute atomic E-state index is 11.5. The Hall–Kier alpha value is -0.280. The van der Waals surface area contributed by atoms with Crippen LogP contribution < -0.4 is 5.32 Å². The Morgan fingerprint density at radius 3 is 2.29 bits per heavy atom. The highest BCUT2D eigenvalue weighted by Crippen LogP contribution is 1.97. The van der Waals surface area contributed by atoms with Crippen LogP contribution in [-0.2, 0) is 9.53 Å². The Bertz CT molecular complexity index is 177. The third-order valence-electron chi connectivity index (χ3n) is 2.58. The summed E-state index contributed by atoms with van der Waals surface area (Å²) in [5, 5.41) is 3.18. The SMILES string of the molecule is CCCCCNC(C)C(=O)OCCCCC.Cl. The summed E-state index contributed by atoms with van der Waals surface area (Å²) in [6, 6.07) is -0.168. The zero-order valence-electron chi connectivity index (χ0n) is 11.5. The van der Waals surface area contributed by atoms with Crippen molar-refractivity contribution in [2.45, 2.75) is 65.3 Å². The first-order valence-electron chi connectivity index (χ1n) is 6.62. The summed E-state index contributed by atoms with van der Waals surface area (Å²) >= 11 is 0. The van der Waals surface area contributed by atoms with Crippen molar-refractivity contribution in [1.82, 2.24) is 5.32 Å². The van der Waals surface area contributed by atoms with Gasteiger partial charge in [0.05, 0.1) is 6.61 Å². The molecular formula is C13H28ClNO2. The summed E-state index contributed by atoms with van der Waals surface area (Å²) in [5.74, 6) is -0.118. The maximum Gasteiger partial charge on any atom is 0.322 e. The minimum Gasteiger partial charge on any atom is -0.465 e. The standard InChI is InChI=1S/C13H27NO2.ClH/c1-4-6-8-10-14-12(3)13(15)16-11-9-7-5-2;/h12,14H,4-11H2,1-3H3;1H. The molecule has 0 spiro atoms. The zero-order chi connectivity index (χ0) is 12.2. The molecule has 0 heterocycles. The van der Waals surface area contributed by atoms with Crippen LogP contribution >= 0.6 is 12.4 Å². The van der Waals surface area contributed by atoms with Gasteiger partial charge in [-0.15, -0.1) is 12.4 Å². The number of halogens is 1. The molecule has 0 saturated carbocycles. The third-order valence-corrected chi connectivity index (χ3v) is 2.58. The fraction of sp³-hybridized carbons (Fsp3) is 0.923. The molecule has 1 unspecified atom stereocenters. The van der Waals surface area contributed by atoms with Crippen molar-refractivity contribution in [1.29, 1.82) is 0 Å². The molecule has 0 radical (unpaired) electrons. The van der Waals surface area contributed by atoms with Gasteiger partial charge in [0.25, 0.3) is 0 Å². The smallest absolute Gasteiger partial charge is 0.322 e. The second kappa shape index (κ2) is 13.8. The van der Waals surface area contributed by atoms with Crippen LogP contribution in [0.15, 0.2) is 0 Å². The second-order valence-electron chi connectivity index (χ2n) is 4.26. The minimum atomic E-state index is -0.168. The van der Waals surface area contributed by atoms with Crippen LogP contribution in [-0.4, -0.2) is 25.2 Å². The predicted octanol–water partition coefficient (Wildman–Crippen LogP) is 3.31. The molecule has 0 aliphatic rings. The van der Waals surface area contributed by atoms with Gasteiger partial charge in [-0.3, -0.25) is 4.79 Å².